The predicted octanol–water partition coefficient (Wildman–Crippen LogP) is 10.0. The van der Waals surface area contributed by atoms with Crippen LogP contribution >= 0.6 is 6.04 Å². The highest BCUT2D eigenvalue weighted by Gasteiger charge is 2.44. The first kappa shape index (κ1) is 28.0. The van der Waals surface area contributed by atoms with Gasteiger partial charge in [0.1, 0.15) is 23.0 Å². The number of pyridine rings is 1. The van der Waals surface area contributed by atoms with E-state index < -0.39 is 6.04 Å². The molecule has 1 unspecified atom stereocenters. The predicted molar refractivity (Wildman–Crippen MR) is 197 cm³/mol. The summed E-state index contributed by atoms with van der Waals surface area (Å²) in [4.78, 5) is 4.69. The molecule has 5 heteroatoms. The van der Waals surface area contributed by atoms with Gasteiger partial charge in [-0.15, -0.1) is 0 Å². The third kappa shape index (κ3) is 4.48. The molecule has 47 heavy (non-hydrogen) atoms. The van der Waals surface area contributed by atoms with E-state index in [1.807, 2.05) is 24.4 Å². The maximum Gasteiger partial charge on any atom is 0.148 e. The Kier molecular flexibility index (Phi) is 6.50. The third-order valence-corrected chi connectivity index (χ3v) is 13.9. The molecule has 0 fully saturated rings. The van der Waals surface area contributed by atoms with Crippen molar-refractivity contribution in [1.29, 1.82) is 0 Å². The molecule has 0 saturated carbocycles. The molecular weight excluding hydrogens is 614 g/mol. The second-order valence-corrected chi connectivity index (χ2v) is 16.2. The van der Waals surface area contributed by atoms with Crippen LogP contribution in [0.2, 0.25) is 0 Å². The zero-order valence-electron chi connectivity index (χ0n) is 25.6. The molecule has 3 nitrogen and oxygen atoms in total. The molecule has 0 bridgehead atoms. The van der Waals surface area contributed by atoms with Crippen molar-refractivity contribution < 1.29 is 9.47 Å². The summed E-state index contributed by atoms with van der Waals surface area (Å²) in [5.74, 6) is 3.15. The number of hydrogen-bond donors (Lipinski definition) is 0. The van der Waals surface area contributed by atoms with Gasteiger partial charge in [-0.1, -0.05) is 109 Å². The summed E-state index contributed by atoms with van der Waals surface area (Å²) in [6, 6.07) is 47.9. The maximum atomic E-state index is 7.05. The van der Waals surface area contributed by atoms with Gasteiger partial charge in [-0.05, 0) is 88.8 Å². The van der Waals surface area contributed by atoms with Crippen molar-refractivity contribution >= 4 is 33.8 Å². The molecule has 224 valence electrons. The molecule has 0 saturated heterocycles. The van der Waals surface area contributed by atoms with Crippen molar-refractivity contribution in [2.75, 3.05) is 0 Å². The Morgan fingerprint density at radius 1 is 0.511 bits per heavy atom. The van der Waals surface area contributed by atoms with Crippen LogP contribution in [0.5, 0.6) is 23.0 Å². The molecule has 0 amide bonds. The minimum absolute atomic E-state index is 0.763. The lowest BCUT2D eigenvalue weighted by atomic mass is 9.99. The van der Waals surface area contributed by atoms with E-state index >= 15 is 0 Å². The number of fused-ring (bicyclic) bond motifs is 4. The second-order valence-electron chi connectivity index (χ2n) is 11.9. The molecule has 7 aromatic rings. The van der Waals surface area contributed by atoms with Gasteiger partial charge >= 0.3 is 0 Å². The van der Waals surface area contributed by atoms with Gasteiger partial charge in [0.15, 0.2) is 0 Å². The summed E-state index contributed by atoms with van der Waals surface area (Å²) in [5.41, 5.74) is 9.70. The van der Waals surface area contributed by atoms with Crippen molar-refractivity contribution in [3.63, 3.8) is 0 Å². The number of rotatable bonds is 4. The minimum atomic E-state index is -2.66. The van der Waals surface area contributed by atoms with E-state index in [1.54, 1.807) is 0 Å². The first-order chi connectivity index (χ1) is 23.1. The highest BCUT2D eigenvalue weighted by Crippen LogP contribution is 2.60. The Morgan fingerprint density at radius 2 is 1.11 bits per heavy atom. The lowest BCUT2D eigenvalue weighted by Crippen LogP contribution is -2.35. The molecule has 1 atom stereocenters. The molecule has 9 rings (SSSR count). The number of benzene rings is 6. The fraction of sp³-hybridized carbons (Fsp3) is 0.0238. The van der Waals surface area contributed by atoms with Gasteiger partial charge in [0.05, 0.1) is 17.0 Å². The normalized spacial score (nSPS) is 15.4. The zero-order valence-corrected chi connectivity index (χ0v) is 27.3. The van der Waals surface area contributed by atoms with Crippen LogP contribution in [0.4, 0.5) is 0 Å². The van der Waals surface area contributed by atoms with E-state index in [0.29, 0.717) is 0 Å². The van der Waals surface area contributed by atoms with Gasteiger partial charge in [-0.25, -0.2) is 0 Å². The molecule has 2 aliphatic rings. The molecule has 0 N–H and O–H groups in total. The molecule has 0 spiro atoms. The van der Waals surface area contributed by atoms with Gasteiger partial charge < -0.3 is 9.47 Å². The fourth-order valence-electron chi connectivity index (χ4n) is 6.81. The van der Waals surface area contributed by atoms with E-state index in [-0.39, 0.29) is 0 Å². The number of hydrogen-bond acceptors (Lipinski definition) is 4. The quantitative estimate of drug-likeness (QED) is 0.179. The fourth-order valence-corrected chi connectivity index (χ4v) is 11.3. The van der Waals surface area contributed by atoms with E-state index in [4.69, 9.17) is 21.3 Å². The van der Waals surface area contributed by atoms with Crippen LogP contribution in [-0.2, 0) is 11.8 Å². The SMILES string of the molecule is Cc1cccnc1-c1cccc(-c2ccc3c4c2Oc2ccc(-c5ccccc5)cc2P4(=S)c2cc(-c4ccccc4)ccc2O3)c1. The molecule has 0 aliphatic carbocycles. The van der Waals surface area contributed by atoms with E-state index in [1.165, 1.54) is 0 Å². The molecular formula is C42H28NO2PS. The highest BCUT2D eigenvalue weighted by molar-refractivity contribution is 8.26. The van der Waals surface area contributed by atoms with Crippen LogP contribution in [0.15, 0.2) is 152 Å². The first-order valence-electron chi connectivity index (χ1n) is 15.6. The summed E-state index contributed by atoms with van der Waals surface area (Å²) >= 11 is 7.05. The number of aryl methyl sites for hydroxylation is 1. The maximum absolute atomic E-state index is 7.05. The lowest BCUT2D eigenvalue weighted by Gasteiger charge is -2.38. The molecule has 2 aliphatic heterocycles. The van der Waals surface area contributed by atoms with Gasteiger partial charge in [-0.2, -0.15) is 0 Å². The summed E-state index contributed by atoms with van der Waals surface area (Å²) in [6.45, 7) is 2.09. The van der Waals surface area contributed by atoms with Crippen LogP contribution in [0.1, 0.15) is 5.56 Å². The summed E-state index contributed by atoms with van der Waals surface area (Å²) in [7, 11) is 0. The van der Waals surface area contributed by atoms with Crippen LogP contribution in [-0.4, -0.2) is 4.98 Å². The summed E-state index contributed by atoms with van der Waals surface area (Å²) < 4.78 is 13.6. The Hall–Kier alpha value is -5.28. The van der Waals surface area contributed by atoms with Crippen LogP contribution in [0, 0.1) is 6.92 Å². The van der Waals surface area contributed by atoms with Crippen LogP contribution in [0.3, 0.4) is 0 Å². The Labute approximate surface area is 279 Å². The van der Waals surface area contributed by atoms with Gasteiger partial charge in [-0.3, -0.25) is 4.98 Å². The van der Waals surface area contributed by atoms with Crippen molar-refractivity contribution in [2.24, 2.45) is 0 Å². The van der Waals surface area contributed by atoms with Gasteiger partial charge in [0.2, 0.25) is 0 Å². The highest BCUT2D eigenvalue weighted by atomic mass is 32.4. The number of aromatic nitrogens is 1. The van der Waals surface area contributed by atoms with Crippen LogP contribution < -0.4 is 25.4 Å². The third-order valence-electron chi connectivity index (χ3n) is 9.11. The smallest absolute Gasteiger partial charge is 0.148 e. The average Bonchev–Trinajstić information content (AvgIpc) is 3.12. The van der Waals surface area contributed by atoms with E-state index in [9.17, 15) is 0 Å². The van der Waals surface area contributed by atoms with Crippen molar-refractivity contribution in [3.8, 4) is 67.6 Å². The molecule has 0 radical (unpaired) electrons. The van der Waals surface area contributed by atoms with Crippen LogP contribution in [0.25, 0.3) is 44.6 Å². The number of nitrogens with zero attached hydrogens (tertiary/aromatic N) is 1. The van der Waals surface area contributed by atoms with Gasteiger partial charge in [0.25, 0.3) is 0 Å². The zero-order chi connectivity index (χ0) is 31.5. The summed E-state index contributed by atoms with van der Waals surface area (Å²) in [5, 5.41) is 3.07. The van der Waals surface area contributed by atoms with E-state index in [0.717, 1.165) is 89.1 Å². The van der Waals surface area contributed by atoms with Crippen molar-refractivity contribution in [1.82, 2.24) is 4.98 Å². The van der Waals surface area contributed by atoms with Crippen molar-refractivity contribution in [2.45, 2.75) is 6.92 Å². The van der Waals surface area contributed by atoms with Gasteiger partial charge in [0, 0.05) is 27.9 Å². The number of ether oxygens (including phenoxy) is 2. The monoisotopic (exact) mass is 641 g/mol. The summed E-state index contributed by atoms with van der Waals surface area (Å²) in [6.07, 6.45) is 1.84. The van der Waals surface area contributed by atoms with E-state index in [2.05, 4.69) is 139 Å². The lowest BCUT2D eigenvalue weighted by molar-refractivity contribution is 0.467. The average molecular weight is 642 g/mol. The second kappa shape index (κ2) is 10.9. The minimum Gasteiger partial charge on any atom is -0.456 e. The topological polar surface area (TPSA) is 31.4 Å². The van der Waals surface area contributed by atoms with Crippen molar-refractivity contribution in [3.05, 3.63) is 157 Å². The molecule has 1 aromatic heterocycles. The standard InChI is InChI=1S/C42H28NO2PS/c1-27-10-9-23-43-40(27)33-16-8-15-32(24-33)34-19-22-37-42-41(34)45-36-21-18-31(29-13-6-3-7-14-29)26-39(36)46(42,47)38-25-30(17-20-35(38)44-37)28-11-4-2-5-12-28/h2-26H,1H3. The first-order valence-corrected chi connectivity index (χ1v) is 18.4. The Bertz CT molecular complexity index is 2350. The Balaban J connectivity index is 1.29. The molecule has 3 heterocycles. The Morgan fingerprint density at radius 3 is 1.77 bits per heavy atom. The molecule has 6 aromatic carbocycles. The largest absolute Gasteiger partial charge is 0.456 e.